The Kier molecular flexibility index (Phi) is 6.47. The van der Waals surface area contributed by atoms with E-state index in [0.717, 1.165) is 12.0 Å². The number of amides is 1. The van der Waals surface area contributed by atoms with Crippen LogP contribution in [0.15, 0.2) is 47.0 Å². The van der Waals surface area contributed by atoms with Gasteiger partial charge in [-0.1, -0.05) is 23.2 Å². The summed E-state index contributed by atoms with van der Waals surface area (Å²) in [4.78, 5) is 16.0. The van der Waals surface area contributed by atoms with Crippen LogP contribution in [0.25, 0.3) is 11.5 Å². The van der Waals surface area contributed by atoms with Crippen LogP contribution in [0.3, 0.4) is 0 Å². The Labute approximate surface area is 182 Å². The largest absolute Gasteiger partial charge is 0.482 e. The lowest BCUT2D eigenvalue weighted by molar-refractivity contribution is -0.125. The highest BCUT2D eigenvalue weighted by Gasteiger charge is 2.28. The van der Waals surface area contributed by atoms with Gasteiger partial charge in [0.1, 0.15) is 17.0 Å². The van der Waals surface area contributed by atoms with Gasteiger partial charge in [0.2, 0.25) is 11.8 Å². The van der Waals surface area contributed by atoms with E-state index in [1.807, 2.05) is 12.1 Å². The molecule has 1 aromatic carbocycles. The number of benzene rings is 1. The lowest BCUT2D eigenvalue weighted by Crippen LogP contribution is -2.43. The number of rotatable bonds is 6. The summed E-state index contributed by atoms with van der Waals surface area (Å²) >= 11 is 11.6. The first-order valence-electron chi connectivity index (χ1n) is 9.31. The third kappa shape index (κ3) is 5.27. The van der Waals surface area contributed by atoms with Crippen molar-refractivity contribution < 1.29 is 18.7 Å². The Morgan fingerprint density at radius 3 is 2.67 bits per heavy atom. The number of carbonyl (C=O) groups excluding carboxylic acids is 1. The quantitative estimate of drug-likeness (QED) is 0.571. The minimum absolute atomic E-state index is 0.112. The standard InChI is InChI=1S/C20H18Cl2N4O4/c21-13-3-1-12(2-4-13)19-25-26-20(30-19)16-7-5-14(10-29-16)24-18(27)11-28-15-6-8-17(22)23-9-15/h1-4,6,8-9,14,16H,5,7,10-11H2,(H,24,27)/t14-,16-/m0/s1. The molecule has 4 rings (SSSR count). The second kappa shape index (κ2) is 9.42. The average molecular weight is 449 g/mol. The van der Waals surface area contributed by atoms with Gasteiger partial charge < -0.3 is 19.2 Å². The van der Waals surface area contributed by atoms with Crippen LogP contribution in [-0.4, -0.2) is 40.3 Å². The van der Waals surface area contributed by atoms with Crippen LogP contribution < -0.4 is 10.1 Å². The fourth-order valence-corrected chi connectivity index (χ4v) is 3.24. The summed E-state index contributed by atoms with van der Waals surface area (Å²) in [5.74, 6) is 1.07. The van der Waals surface area contributed by atoms with Crippen molar-refractivity contribution >= 4 is 29.1 Å². The number of halogens is 2. The Hall–Kier alpha value is -2.68. The molecule has 2 atom stereocenters. The van der Waals surface area contributed by atoms with Gasteiger partial charge in [0.25, 0.3) is 5.91 Å². The maximum Gasteiger partial charge on any atom is 0.258 e. The molecule has 2 aromatic heterocycles. The normalized spacial score (nSPS) is 18.7. The summed E-state index contributed by atoms with van der Waals surface area (Å²) in [5, 5.41) is 12.1. The zero-order valence-corrected chi connectivity index (χ0v) is 17.3. The van der Waals surface area contributed by atoms with Gasteiger partial charge in [-0.3, -0.25) is 4.79 Å². The number of nitrogens with zero attached hydrogens (tertiary/aromatic N) is 3. The predicted molar refractivity (Wildman–Crippen MR) is 109 cm³/mol. The van der Waals surface area contributed by atoms with E-state index < -0.39 is 0 Å². The fourth-order valence-electron chi connectivity index (χ4n) is 3.00. The van der Waals surface area contributed by atoms with Gasteiger partial charge in [0.15, 0.2) is 6.61 Å². The summed E-state index contributed by atoms with van der Waals surface area (Å²) in [6, 6.07) is 10.3. The van der Waals surface area contributed by atoms with Gasteiger partial charge in [0, 0.05) is 10.6 Å². The summed E-state index contributed by atoms with van der Waals surface area (Å²) in [7, 11) is 0. The van der Waals surface area contributed by atoms with Gasteiger partial charge in [0.05, 0.1) is 18.8 Å². The number of aromatic nitrogens is 3. The molecule has 0 bridgehead atoms. The predicted octanol–water partition coefficient (Wildman–Crippen LogP) is 3.85. The van der Waals surface area contributed by atoms with E-state index in [-0.39, 0.29) is 24.7 Å². The van der Waals surface area contributed by atoms with E-state index in [1.54, 1.807) is 24.3 Å². The highest BCUT2D eigenvalue weighted by Crippen LogP contribution is 2.29. The molecule has 10 heteroatoms. The van der Waals surface area contributed by atoms with E-state index >= 15 is 0 Å². The Balaban J connectivity index is 1.24. The molecule has 3 aromatic rings. The Morgan fingerprint density at radius 2 is 1.97 bits per heavy atom. The van der Waals surface area contributed by atoms with Crippen molar-refractivity contribution in [3.05, 3.63) is 58.7 Å². The lowest BCUT2D eigenvalue weighted by Gasteiger charge is -2.27. The van der Waals surface area contributed by atoms with Crippen LogP contribution in [0, 0.1) is 0 Å². The molecule has 1 aliphatic heterocycles. The minimum Gasteiger partial charge on any atom is -0.482 e. The fraction of sp³-hybridized carbons (Fsp3) is 0.300. The topological polar surface area (TPSA) is 99.4 Å². The smallest absolute Gasteiger partial charge is 0.258 e. The first-order valence-corrected chi connectivity index (χ1v) is 10.1. The molecule has 156 valence electrons. The van der Waals surface area contributed by atoms with E-state index in [1.165, 1.54) is 6.20 Å². The second-order valence-electron chi connectivity index (χ2n) is 6.72. The number of hydrogen-bond acceptors (Lipinski definition) is 7. The van der Waals surface area contributed by atoms with Crippen molar-refractivity contribution in [1.29, 1.82) is 0 Å². The van der Waals surface area contributed by atoms with Crippen molar-refractivity contribution in [3.8, 4) is 17.2 Å². The van der Waals surface area contributed by atoms with E-state index in [2.05, 4.69) is 20.5 Å². The second-order valence-corrected chi connectivity index (χ2v) is 7.55. The highest BCUT2D eigenvalue weighted by molar-refractivity contribution is 6.30. The van der Waals surface area contributed by atoms with Crippen LogP contribution in [-0.2, 0) is 9.53 Å². The van der Waals surface area contributed by atoms with Crippen molar-refractivity contribution in [2.24, 2.45) is 0 Å². The first kappa shape index (κ1) is 20.6. The zero-order valence-electron chi connectivity index (χ0n) is 15.8. The van der Waals surface area contributed by atoms with Gasteiger partial charge in [-0.2, -0.15) is 0 Å². The molecule has 0 saturated carbocycles. The third-order valence-electron chi connectivity index (χ3n) is 4.52. The number of hydrogen-bond donors (Lipinski definition) is 1. The third-order valence-corrected chi connectivity index (χ3v) is 4.99. The van der Waals surface area contributed by atoms with Crippen LogP contribution >= 0.6 is 23.2 Å². The highest BCUT2D eigenvalue weighted by atomic mass is 35.5. The Morgan fingerprint density at radius 1 is 1.13 bits per heavy atom. The van der Waals surface area contributed by atoms with Gasteiger partial charge in [-0.25, -0.2) is 4.98 Å². The van der Waals surface area contributed by atoms with Crippen LogP contribution in [0.4, 0.5) is 0 Å². The van der Waals surface area contributed by atoms with Crippen molar-refractivity contribution in [2.75, 3.05) is 13.2 Å². The SMILES string of the molecule is O=C(COc1ccc(Cl)nc1)N[C@H]1CC[C@@H](c2nnc(-c3ccc(Cl)cc3)o2)OC1. The summed E-state index contributed by atoms with van der Waals surface area (Å²) in [6.45, 7) is 0.231. The maximum absolute atomic E-state index is 12.1. The molecule has 0 radical (unpaired) electrons. The molecular formula is C20H18Cl2N4O4. The van der Waals surface area contributed by atoms with Crippen LogP contribution in [0.1, 0.15) is 24.8 Å². The minimum atomic E-state index is -0.303. The molecular weight excluding hydrogens is 431 g/mol. The molecule has 30 heavy (non-hydrogen) atoms. The molecule has 1 N–H and O–H groups in total. The summed E-state index contributed by atoms with van der Waals surface area (Å²) < 4.78 is 17.0. The van der Waals surface area contributed by atoms with Crippen molar-refractivity contribution in [3.63, 3.8) is 0 Å². The average Bonchev–Trinajstić information content (AvgIpc) is 3.25. The van der Waals surface area contributed by atoms with Gasteiger partial charge in [-0.15, -0.1) is 10.2 Å². The molecule has 1 aliphatic rings. The van der Waals surface area contributed by atoms with E-state index in [4.69, 9.17) is 37.1 Å². The molecule has 0 unspecified atom stereocenters. The number of carbonyl (C=O) groups is 1. The molecule has 8 nitrogen and oxygen atoms in total. The van der Waals surface area contributed by atoms with E-state index in [0.29, 0.717) is 40.7 Å². The summed E-state index contributed by atoms with van der Waals surface area (Å²) in [5.41, 5.74) is 0.787. The van der Waals surface area contributed by atoms with E-state index in [9.17, 15) is 4.79 Å². The van der Waals surface area contributed by atoms with Crippen molar-refractivity contribution in [1.82, 2.24) is 20.5 Å². The summed E-state index contributed by atoms with van der Waals surface area (Å²) in [6.07, 6.45) is 2.53. The maximum atomic E-state index is 12.1. The number of nitrogens with one attached hydrogen (secondary N) is 1. The van der Waals surface area contributed by atoms with Crippen molar-refractivity contribution in [2.45, 2.75) is 25.0 Å². The molecule has 1 fully saturated rings. The number of pyridine rings is 1. The number of ether oxygens (including phenoxy) is 2. The lowest BCUT2D eigenvalue weighted by atomic mass is 10.0. The molecule has 3 heterocycles. The monoisotopic (exact) mass is 448 g/mol. The van der Waals surface area contributed by atoms with Gasteiger partial charge >= 0.3 is 0 Å². The molecule has 0 aliphatic carbocycles. The molecule has 0 spiro atoms. The molecule has 1 saturated heterocycles. The Bertz CT molecular complexity index is 987. The van der Waals surface area contributed by atoms with Gasteiger partial charge in [-0.05, 0) is 49.2 Å². The first-order chi connectivity index (χ1) is 14.6. The zero-order chi connectivity index (χ0) is 20.9. The molecule has 1 amide bonds. The van der Waals surface area contributed by atoms with Crippen LogP contribution in [0.2, 0.25) is 10.2 Å². The van der Waals surface area contributed by atoms with Crippen LogP contribution in [0.5, 0.6) is 5.75 Å².